The lowest BCUT2D eigenvalue weighted by Gasteiger charge is -2.05. The molecule has 0 atom stereocenters. The lowest BCUT2D eigenvalue weighted by atomic mass is 10.2. The number of anilines is 1. The molecule has 1 amide bonds. The van der Waals surface area contributed by atoms with Crippen molar-refractivity contribution in [3.8, 4) is 10.6 Å². The van der Waals surface area contributed by atoms with Gasteiger partial charge in [0, 0.05) is 22.8 Å². The van der Waals surface area contributed by atoms with Crippen molar-refractivity contribution in [1.29, 1.82) is 0 Å². The van der Waals surface area contributed by atoms with E-state index in [0.717, 1.165) is 10.6 Å². The summed E-state index contributed by atoms with van der Waals surface area (Å²) in [5, 5.41) is 5.53. The van der Waals surface area contributed by atoms with Crippen LogP contribution in [0, 0.1) is 0 Å². The van der Waals surface area contributed by atoms with Crippen molar-refractivity contribution in [2.24, 2.45) is 0 Å². The Hall–Kier alpha value is -1.88. The lowest BCUT2D eigenvalue weighted by molar-refractivity contribution is 0.168. The van der Waals surface area contributed by atoms with Crippen LogP contribution in [-0.4, -0.2) is 17.7 Å². The molecule has 0 fully saturated rings. The van der Waals surface area contributed by atoms with Gasteiger partial charge < -0.3 is 4.74 Å². The summed E-state index contributed by atoms with van der Waals surface area (Å²) < 4.78 is 4.79. The third-order valence-corrected chi connectivity index (χ3v) is 2.91. The molecule has 88 valence electrons. The standard InChI is InChI=1S/C12H12N2O2S/c1-2-16-12(15)14-10-5-3-9(4-6-10)11-13-7-8-17-11/h3-8H,2H2,1H3,(H,14,15). The number of amides is 1. The Morgan fingerprint density at radius 1 is 1.41 bits per heavy atom. The minimum Gasteiger partial charge on any atom is -0.450 e. The second-order valence-electron chi connectivity index (χ2n) is 3.26. The molecule has 0 aliphatic heterocycles. The first-order valence-corrected chi connectivity index (χ1v) is 6.11. The van der Waals surface area contributed by atoms with Crippen molar-refractivity contribution in [3.05, 3.63) is 35.8 Å². The fourth-order valence-corrected chi connectivity index (χ4v) is 1.99. The number of ether oxygens (including phenoxy) is 1. The second kappa shape index (κ2) is 5.45. The minimum absolute atomic E-state index is 0.364. The van der Waals surface area contributed by atoms with Gasteiger partial charge in [-0.25, -0.2) is 9.78 Å². The number of benzene rings is 1. The van der Waals surface area contributed by atoms with Crippen LogP contribution in [0.2, 0.25) is 0 Å². The highest BCUT2D eigenvalue weighted by Crippen LogP contribution is 2.23. The molecule has 2 aromatic rings. The van der Waals surface area contributed by atoms with Gasteiger partial charge in [-0.1, -0.05) is 0 Å². The summed E-state index contributed by atoms with van der Waals surface area (Å²) in [5.41, 5.74) is 1.75. The number of carbonyl (C=O) groups excluding carboxylic acids is 1. The van der Waals surface area contributed by atoms with Crippen LogP contribution < -0.4 is 5.32 Å². The van der Waals surface area contributed by atoms with Gasteiger partial charge in [-0.2, -0.15) is 0 Å². The number of hydrogen-bond donors (Lipinski definition) is 1. The number of rotatable bonds is 3. The molecule has 4 nitrogen and oxygen atoms in total. The summed E-state index contributed by atoms with van der Waals surface area (Å²) in [6.45, 7) is 2.13. The van der Waals surface area contributed by atoms with E-state index < -0.39 is 6.09 Å². The van der Waals surface area contributed by atoms with Crippen molar-refractivity contribution < 1.29 is 9.53 Å². The molecule has 1 N–H and O–H groups in total. The normalized spacial score (nSPS) is 9.94. The smallest absolute Gasteiger partial charge is 0.411 e. The average Bonchev–Trinajstić information content (AvgIpc) is 2.84. The second-order valence-corrected chi connectivity index (χ2v) is 4.15. The number of thiazole rings is 1. The zero-order valence-electron chi connectivity index (χ0n) is 9.34. The summed E-state index contributed by atoms with van der Waals surface area (Å²) in [4.78, 5) is 15.4. The first kappa shape index (κ1) is 11.6. The van der Waals surface area contributed by atoms with Crippen LogP contribution in [0.3, 0.4) is 0 Å². The highest BCUT2D eigenvalue weighted by atomic mass is 32.1. The van der Waals surface area contributed by atoms with Gasteiger partial charge in [-0.3, -0.25) is 5.32 Å². The Morgan fingerprint density at radius 2 is 2.18 bits per heavy atom. The molecule has 1 aromatic carbocycles. The van der Waals surface area contributed by atoms with Gasteiger partial charge in [-0.05, 0) is 31.2 Å². The molecule has 0 bridgehead atoms. The van der Waals surface area contributed by atoms with Crippen molar-refractivity contribution in [2.75, 3.05) is 11.9 Å². The van der Waals surface area contributed by atoms with E-state index in [-0.39, 0.29) is 0 Å². The average molecular weight is 248 g/mol. The summed E-state index contributed by atoms with van der Waals surface area (Å²) >= 11 is 1.58. The molecule has 1 aromatic heterocycles. The molecule has 0 saturated heterocycles. The Bertz CT molecular complexity index is 480. The topological polar surface area (TPSA) is 51.2 Å². The van der Waals surface area contributed by atoms with Gasteiger partial charge in [0.05, 0.1) is 6.61 Å². The van der Waals surface area contributed by atoms with Crippen LogP contribution in [-0.2, 0) is 4.74 Å². The largest absolute Gasteiger partial charge is 0.450 e. The third kappa shape index (κ3) is 3.04. The van der Waals surface area contributed by atoms with Crippen molar-refractivity contribution in [1.82, 2.24) is 4.98 Å². The molecule has 0 unspecified atom stereocenters. The maximum absolute atomic E-state index is 11.2. The SMILES string of the molecule is CCOC(=O)Nc1ccc(-c2nccs2)cc1. The van der Waals surface area contributed by atoms with Crippen LogP contribution in [0.4, 0.5) is 10.5 Å². The summed E-state index contributed by atoms with van der Waals surface area (Å²) in [7, 11) is 0. The molecular weight excluding hydrogens is 236 g/mol. The fourth-order valence-electron chi connectivity index (χ4n) is 1.35. The Labute approximate surface area is 103 Å². The van der Waals surface area contributed by atoms with Crippen molar-refractivity contribution >= 4 is 23.1 Å². The third-order valence-electron chi connectivity index (χ3n) is 2.09. The van der Waals surface area contributed by atoms with E-state index in [4.69, 9.17) is 4.74 Å². The van der Waals surface area contributed by atoms with Crippen LogP contribution in [0.15, 0.2) is 35.8 Å². The van der Waals surface area contributed by atoms with Crippen LogP contribution in [0.25, 0.3) is 10.6 Å². The van der Waals surface area contributed by atoms with E-state index in [1.807, 2.05) is 29.6 Å². The fraction of sp³-hybridized carbons (Fsp3) is 0.167. The zero-order valence-corrected chi connectivity index (χ0v) is 10.2. The van der Waals surface area contributed by atoms with Gasteiger partial charge >= 0.3 is 6.09 Å². The Kier molecular flexibility index (Phi) is 3.72. The molecule has 5 heteroatoms. The van der Waals surface area contributed by atoms with E-state index in [1.165, 1.54) is 0 Å². The number of nitrogens with zero attached hydrogens (tertiary/aromatic N) is 1. The van der Waals surface area contributed by atoms with E-state index in [2.05, 4.69) is 10.3 Å². The van der Waals surface area contributed by atoms with E-state index >= 15 is 0 Å². The molecule has 0 aliphatic rings. The van der Waals surface area contributed by atoms with Gasteiger partial charge in [0.2, 0.25) is 0 Å². The molecule has 2 rings (SSSR count). The first-order valence-electron chi connectivity index (χ1n) is 5.23. The van der Waals surface area contributed by atoms with E-state index in [9.17, 15) is 4.79 Å². The number of aromatic nitrogens is 1. The molecular formula is C12H12N2O2S. The maximum Gasteiger partial charge on any atom is 0.411 e. The Morgan fingerprint density at radius 3 is 2.76 bits per heavy atom. The number of nitrogens with one attached hydrogen (secondary N) is 1. The molecule has 17 heavy (non-hydrogen) atoms. The van der Waals surface area contributed by atoms with Crippen LogP contribution in [0.5, 0.6) is 0 Å². The van der Waals surface area contributed by atoms with Gasteiger partial charge in [0.15, 0.2) is 0 Å². The van der Waals surface area contributed by atoms with Gasteiger partial charge in [-0.15, -0.1) is 11.3 Å². The monoisotopic (exact) mass is 248 g/mol. The maximum atomic E-state index is 11.2. The molecule has 0 spiro atoms. The van der Waals surface area contributed by atoms with Crippen molar-refractivity contribution in [2.45, 2.75) is 6.92 Å². The lowest BCUT2D eigenvalue weighted by Crippen LogP contribution is -2.12. The highest BCUT2D eigenvalue weighted by molar-refractivity contribution is 7.13. The quantitative estimate of drug-likeness (QED) is 0.905. The first-order chi connectivity index (χ1) is 8.29. The number of hydrogen-bond acceptors (Lipinski definition) is 4. The van der Waals surface area contributed by atoms with Gasteiger partial charge in [0.25, 0.3) is 0 Å². The zero-order chi connectivity index (χ0) is 12.1. The van der Waals surface area contributed by atoms with Crippen molar-refractivity contribution in [3.63, 3.8) is 0 Å². The van der Waals surface area contributed by atoms with Crippen LogP contribution in [0.1, 0.15) is 6.92 Å². The molecule has 0 aliphatic carbocycles. The molecule has 1 heterocycles. The number of carbonyl (C=O) groups is 1. The van der Waals surface area contributed by atoms with Gasteiger partial charge in [0.1, 0.15) is 5.01 Å². The van der Waals surface area contributed by atoms with E-state index in [1.54, 1.807) is 24.5 Å². The van der Waals surface area contributed by atoms with Crippen LogP contribution >= 0.6 is 11.3 Å². The predicted molar refractivity (Wildman–Crippen MR) is 68.2 cm³/mol. The minimum atomic E-state index is -0.436. The predicted octanol–water partition coefficient (Wildman–Crippen LogP) is 3.38. The molecule has 0 radical (unpaired) electrons. The summed E-state index contributed by atoms with van der Waals surface area (Å²) in [6.07, 6.45) is 1.33. The molecule has 0 saturated carbocycles. The highest BCUT2D eigenvalue weighted by Gasteiger charge is 2.03. The summed E-state index contributed by atoms with van der Waals surface area (Å²) in [6, 6.07) is 7.49. The van der Waals surface area contributed by atoms with E-state index in [0.29, 0.717) is 12.3 Å². The summed E-state index contributed by atoms with van der Waals surface area (Å²) in [5.74, 6) is 0. The Balaban J connectivity index is 2.06.